The van der Waals surface area contributed by atoms with Gasteiger partial charge in [-0.05, 0) is 57.7 Å². The van der Waals surface area contributed by atoms with Crippen LogP contribution in [0.15, 0.2) is 4.21 Å². The van der Waals surface area contributed by atoms with E-state index in [0.29, 0.717) is 10.7 Å². The topological polar surface area (TPSA) is 68.3 Å². The van der Waals surface area contributed by atoms with Gasteiger partial charge in [0.05, 0.1) is 10.7 Å². The van der Waals surface area contributed by atoms with E-state index in [1.807, 2.05) is 0 Å². The maximum absolute atomic E-state index is 14.3. The first kappa shape index (κ1) is 29.5. The summed E-state index contributed by atoms with van der Waals surface area (Å²) in [7, 11) is -7.30. The maximum atomic E-state index is 14.3. The number of hydrogen-bond donors (Lipinski definition) is 1. The van der Waals surface area contributed by atoms with Crippen molar-refractivity contribution in [1.29, 1.82) is 0 Å². The molecule has 1 aliphatic rings. The van der Waals surface area contributed by atoms with Crippen molar-refractivity contribution < 1.29 is 39.2 Å². The summed E-state index contributed by atoms with van der Waals surface area (Å²) < 4.78 is 119. The normalized spacial score (nSPS) is 21.1. The van der Waals surface area contributed by atoms with Crippen LogP contribution in [0.1, 0.15) is 57.2 Å². The summed E-state index contributed by atoms with van der Waals surface area (Å²) >= 11 is 0.961. The second kappa shape index (κ2) is 10.3. The third-order valence-corrected chi connectivity index (χ3v) is 14.7. The van der Waals surface area contributed by atoms with Gasteiger partial charge in [-0.15, -0.1) is 11.3 Å². The number of thiazole rings is 1. The largest absolute Gasteiger partial charge is 0.425 e. The third-order valence-electron chi connectivity index (χ3n) is 6.88. The Morgan fingerprint density at radius 3 is 1.79 bits per heavy atom. The molecule has 0 bridgehead atoms. The van der Waals surface area contributed by atoms with Crippen LogP contribution in [0.3, 0.4) is 0 Å². The molecule has 1 N–H and O–H groups in total. The smallest absolute Gasteiger partial charge is 0.396 e. The quantitative estimate of drug-likeness (QED) is 0.280. The van der Waals surface area contributed by atoms with E-state index < -0.39 is 61.1 Å². The highest BCUT2D eigenvalue weighted by Crippen LogP contribution is 2.56. The fraction of sp³-hybridized carbons (Fsp3) is 0.850. The average molecular weight is 555 g/mol. The van der Waals surface area contributed by atoms with E-state index in [0.717, 1.165) is 11.3 Å². The molecule has 0 aromatic carbocycles. The zero-order valence-corrected chi connectivity index (χ0v) is 22.5. The van der Waals surface area contributed by atoms with Crippen molar-refractivity contribution in [3.63, 3.8) is 0 Å². The molecule has 0 atom stereocenters. The first-order valence-corrected chi connectivity index (χ1v) is 16.1. The van der Waals surface area contributed by atoms with Crippen LogP contribution < -0.4 is 4.72 Å². The van der Waals surface area contributed by atoms with Gasteiger partial charge in [0.2, 0.25) is 0 Å². The Balaban J connectivity index is 2.33. The molecule has 14 heteroatoms. The molecule has 1 aliphatic carbocycles. The van der Waals surface area contributed by atoms with Crippen LogP contribution in [0, 0.1) is 19.8 Å². The van der Waals surface area contributed by atoms with Gasteiger partial charge in [0.25, 0.3) is 15.6 Å². The summed E-state index contributed by atoms with van der Waals surface area (Å²) in [4.78, 5) is 4.06. The lowest BCUT2D eigenvalue weighted by Crippen LogP contribution is -2.68. The highest BCUT2D eigenvalue weighted by Gasteiger charge is 2.76. The minimum atomic E-state index is -5.66. The number of nitrogens with one attached hydrogen (secondary N) is 1. The van der Waals surface area contributed by atoms with Gasteiger partial charge in [-0.25, -0.2) is 18.1 Å². The lowest BCUT2D eigenvalue weighted by Gasteiger charge is -2.49. The lowest BCUT2D eigenvalue weighted by molar-refractivity contribution is -0.380. The van der Waals surface area contributed by atoms with Crippen LogP contribution >= 0.6 is 11.3 Å². The predicted octanol–water partition coefficient (Wildman–Crippen LogP) is 6.48. The zero-order valence-electron chi connectivity index (χ0n) is 19.9. The summed E-state index contributed by atoms with van der Waals surface area (Å²) in [5, 5.41) is 0.536. The van der Waals surface area contributed by atoms with Gasteiger partial charge in [-0.3, -0.25) is 0 Å². The van der Waals surface area contributed by atoms with Gasteiger partial charge in [-0.2, -0.15) is 26.3 Å². The molecule has 1 saturated carbocycles. The minimum absolute atomic E-state index is 0.00000710. The average Bonchev–Trinajstić information content (AvgIpc) is 3.07. The molecule has 0 unspecified atom stereocenters. The first-order chi connectivity index (χ1) is 15.5. The number of sulfonamides is 1. The van der Waals surface area contributed by atoms with Crippen LogP contribution in [0.2, 0.25) is 18.1 Å². The first-order valence-electron chi connectivity index (χ1n) is 11.3. The monoisotopic (exact) mass is 554 g/mol. The highest BCUT2D eigenvalue weighted by atomic mass is 32.2. The molecule has 0 aliphatic heterocycles. The summed E-state index contributed by atoms with van der Waals surface area (Å²) in [5.74, 6) is -1.85. The molecule has 0 amide bonds. The van der Waals surface area contributed by atoms with E-state index in [2.05, 4.69) is 9.71 Å². The van der Waals surface area contributed by atoms with E-state index in [-0.39, 0.29) is 35.2 Å². The molecule has 5 nitrogen and oxygen atoms in total. The number of nitrogens with zero attached hydrogens (tertiary/aromatic N) is 1. The fourth-order valence-corrected chi connectivity index (χ4v) is 10.6. The molecule has 1 aromatic heterocycles. The Bertz CT molecular complexity index is 915. The van der Waals surface area contributed by atoms with Crippen LogP contribution in [-0.2, 0) is 14.4 Å². The number of rotatable bonds is 9. The van der Waals surface area contributed by atoms with Gasteiger partial charge < -0.3 is 4.43 Å². The summed E-state index contributed by atoms with van der Waals surface area (Å²) in [6.45, 7) is 7.89. The number of aromatic nitrogens is 1. The second-order valence-corrected chi connectivity index (χ2v) is 16.7. The lowest BCUT2D eigenvalue weighted by atomic mass is 9.74. The molecular weight excluding hydrogens is 522 g/mol. The number of hydrogen-bond acceptors (Lipinski definition) is 5. The van der Waals surface area contributed by atoms with E-state index in [9.17, 15) is 34.8 Å². The zero-order chi connectivity index (χ0) is 26.2. The molecule has 1 aromatic rings. The van der Waals surface area contributed by atoms with Crippen LogP contribution in [0.4, 0.5) is 26.3 Å². The Kier molecular flexibility index (Phi) is 8.98. The fourth-order valence-electron chi connectivity index (χ4n) is 4.78. The molecule has 34 heavy (non-hydrogen) atoms. The van der Waals surface area contributed by atoms with Crippen LogP contribution in [-0.4, -0.2) is 45.7 Å². The number of alkyl halides is 6. The Morgan fingerprint density at radius 2 is 1.44 bits per heavy atom. The molecule has 0 spiro atoms. The van der Waals surface area contributed by atoms with Crippen molar-refractivity contribution in [1.82, 2.24) is 9.71 Å². The van der Waals surface area contributed by atoms with Crippen molar-refractivity contribution in [3.8, 4) is 0 Å². The third kappa shape index (κ3) is 5.65. The van der Waals surface area contributed by atoms with E-state index in [1.165, 1.54) is 6.92 Å². The van der Waals surface area contributed by atoms with Gasteiger partial charge >= 0.3 is 12.4 Å². The van der Waals surface area contributed by atoms with E-state index in [4.69, 9.17) is 4.43 Å². The van der Waals surface area contributed by atoms with Gasteiger partial charge in [0, 0.05) is 12.0 Å². The SMILES string of the molecule is CC[Si](CC)(CC)OC(C1CCC(NS(=O)(=O)c2sc(C)nc2C)CC1)(C(F)(F)F)C(F)(F)F. The van der Waals surface area contributed by atoms with Gasteiger partial charge in [-0.1, -0.05) is 20.8 Å². The molecule has 1 fully saturated rings. The minimum Gasteiger partial charge on any atom is -0.396 e. The van der Waals surface area contributed by atoms with Crippen molar-refractivity contribution in [2.45, 2.75) is 107 Å². The van der Waals surface area contributed by atoms with Crippen molar-refractivity contribution in [3.05, 3.63) is 10.7 Å². The second-order valence-electron chi connectivity index (χ2n) is 8.85. The molecular formula is C20H32F6N2O3S2Si. The summed E-state index contributed by atoms with van der Waals surface area (Å²) in [6, 6.07) is -0.364. The maximum Gasteiger partial charge on any atom is 0.425 e. The Morgan fingerprint density at radius 1 is 0.971 bits per heavy atom. The van der Waals surface area contributed by atoms with Crippen LogP contribution in [0.25, 0.3) is 0 Å². The Hall–Kier alpha value is -0.703. The molecule has 198 valence electrons. The van der Waals surface area contributed by atoms with Gasteiger partial charge in [0.1, 0.15) is 0 Å². The highest BCUT2D eigenvalue weighted by molar-refractivity contribution is 7.91. The number of aryl methyl sites for hydroxylation is 2. The van der Waals surface area contributed by atoms with Crippen molar-refractivity contribution in [2.75, 3.05) is 0 Å². The standard InChI is InChI=1S/C20H32F6N2O3S2Si/c1-6-34(7-2,8-3)31-18(19(21,22)23,20(24,25)26)15-9-11-16(12-10-15)28-33(29,30)17-13(4)27-14(5)32-17/h15-16,28H,6-12H2,1-5H3. The van der Waals surface area contributed by atoms with Crippen molar-refractivity contribution >= 4 is 29.7 Å². The summed E-state index contributed by atoms with van der Waals surface area (Å²) in [5.41, 5.74) is -3.96. The molecule has 0 saturated heterocycles. The predicted molar refractivity (Wildman–Crippen MR) is 121 cm³/mol. The van der Waals surface area contributed by atoms with E-state index >= 15 is 0 Å². The van der Waals surface area contributed by atoms with Crippen LogP contribution in [0.5, 0.6) is 0 Å². The van der Waals surface area contributed by atoms with E-state index in [1.54, 1.807) is 27.7 Å². The number of halogens is 6. The van der Waals surface area contributed by atoms with Gasteiger partial charge in [0.15, 0.2) is 12.5 Å². The molecule has 1 heterocycles. The van der Waals surface area contributed by atoms with Crippen molar-refractivity contribution in [2.24, 2.45) is 5.92 Å². The molecule has 0 radical (unpaired) electrons. The summed E-state index contributed by atoms with van der Waals surface area (Å²) in [6.07, 6.45) is -12.6. The molecule has 2 rings (SSSR count). The Labute approximate surface area is 201 Å².